The lowest BCUT2D eigenvalue weighted by Crippen LogP contribution is -2.12. The number of carbonyl (C=O) groups excluding carboxylic acids is 1. The third-order valence-electron chi connectivity index (χ3n) is 4.33. The predicted octanol–water partition coefficient (Wildman–Crippen LogP) is 6.00. The molecule has 0 aliphatic rings. The normalized spacial score (nSPS) is 12.0. The summed E-state index contributed by atoms with van der Waals surface area (Å²) in [5, 5.41) is 4.02. The van der Waals surface area contributed by atoms with E-state index in [2.05, 4.69) is 21.1 Å². The van der Waals surface area contributed by atoms with Gasteiger partial charge in [-0.3, -0.25) is 4.79 Å². The molecule has 0 N–H and O–H groups in total. The monoisotopic (exact) mass is 447 g/mol. The number of nitrogens with zero attached hydrogens (tertiary/aromatic N) is 1. The lowest BCUT2D eigenvalue weighted by molar-refractivity contribution is -0.147. The van der Waals surface area contributed by atoms with E-state index in [-0.39, 0.29) is 18.5 Å². The summed E-state index contributed by atoms with van der Waals surface area (Å²) in [4.78, 5) is 12.5. The molecule has 0 amide bonds. The quantitative estimate of drug-likeness (QED) is 0.343. The maximum Gasteiger partial charge on any atom is 0.311 e. The van der Waals surface area contributed by atoms with Crippen LogP contribution in [-0.2, 0) is 21.8 Å². The van der Waals surface area contributed by atoms with E-state index in [1.165, 1.54) is 0 Å². The zero-order chi connectivity index (χ0) is 19.4. The number of aromatic nitrogens is 1. The number of esters is 1. The van der Waals surface area contributed by atoms with Crippen LogP contribution in [0.1, 0.15) is 35.4 Å². The van der Waals surface area contributed by atoms with Crippen molar-refractivity contribution < 1.29 is 14.1 Å². The van der Waals surface area contributed by atoms with Crippen molar-refractivity contribution in [3.8, 4) is 11.3 Å². The van der Waals surface area contributed by atoms with Gasteiger partial charge in [-0.25, -0.2) is 0 Å². The fourth-order valence-electron chi connectivity index (χ4n) is 2.82. The topological polar surface area (TPSA) is 52.3 Å². The molecule has 1 atom stereocenters. The van der Waals surface area contributed by atoms with Crippen LogP contribution >= 0.6 is 27.5 Å². The second kappa shape index (κ2) is 8.72. The predicted molar refractivity (Wildman–Crippen MR) is 109 cm³/mol. The van der Waals surface area contributed by atoms with Gasteiger partial charge in [0.05, 0.1) is 12.1 Å². The molecular weight excluding hydrogens is 430 g/mol. The fraction of sp³-hybridized carbons (Fsp3) is 0.238. The smallest absolute Gasteiger partial charge is 0.311 e. The van der Waals surface area contributed by atoms with Crippen LogP contribution in [0, 0.1) is 6.92 Å². The zero-order valence-electron chi connectivity index (χ0n) is 15.0. The Hall–Kier alpha value is -2.11. The average molecular weight is 449 g/mol. The average Bonchev–Trinajstić information content (AvgIpc) is 3.02. The molecule has 1 aromatic heterocycles. The van der Waals surface area contributed by atoms with Crippen molar-refractivity contribution in [1.29, 1.82) is 0 Å². The number of carbonyl (C=O) groups is 1. The van der Waals surface area contributed by atoms with Gasteiger partial charge in [0.1, 0.15) is 6.10 Å². The second-order valence-electron chi connectivity index (χ2n) is 6.24. The third kappa shape index (κ3) is 4.60. The Balaban J connectivity index is 1.76. The molecule has 0 saturated heterocycles. The van der Waals surface area contributed by atoms with E-state index in [1.807, 2.05) is 62.4 Å². The highest BCUT2D eigenvalue weighted by molar-refractivity contribution is 9.10. The molecule has 4 nitrogen and oxygen atoms in total. The molecule has 0 spiro atoms. The standard InChI is InChI=1S/C21H19BrClNO3/c1-13-18(21(27-24-13)16-9-7-15(12-23)8-10-16)11-20(25)26-14(2)17-5-3-4-6-19(17)22/h3-10,14H,11-12H2,1-2H3. The number of halogens is 2. The van der Waals surface area contributed by atoms with Crippen molar-refractivity contribution in [3.05, 3.63) is 75.4 Å². The molecule has 3 aromatic rings. The maximum absolute atomic E-state index is 12.5. The van der Waals surface area contributed by atoms with Crippen LogP contribution in [0.15, 0.2) is 57.5 Å². The molecule has 0 aliphatic carbocycles. The number of alkyl halides is 1. The van der Waals surface area contributed by atoms with Gasteiger partial charge in [-0.15, -0.1) is 11.6 Å². The Kier molecular flexibility index (Phi) is 6.34. The number of hydrogen-bond acceptors (Lipinski definition) is 4. The van der Waals surface area contributed by atoms with Gasteiger partial charge in [0.25, 0.3) is 0 Å². The van der Waals surface area contributed by atoms with Gasteiger partial charge in [-0.1, -0.05) is 63.6 Å². The van der Waals surface area contributed by atoms with Crippen LogP contribution in [0.2, 0.25) is 0 Å². The Bertz CT molecular complexity index is 937. The van der Waals surface area contributed by atoms with E-state index in [0.717, 1.165) is 26.7 Å². The van der Waals surface area contributed by atoms with E-state index in [0.29, 0.717) is 17.3 Å². The van der Waals surface area contributed by atoms with Crippen LogP contribution in [-0.4, -0.2) is 11.1 Å². The van der Waals surface area contributed by atoms with E-state index in [4.69, 9.17) is 20.9 Å². The largest absolute Gasteiger partial charge is 0.457 e. The molecule has 0 bridgehead atoms. The Morgan fingerprint density at radius 1 is 1.22 bits per heavy atom. The second-order valence-corrected chi connectivity index (χ2v) is 7.36. The summed E-state index contributed by atoms with van der Waals surface area (Å²) in [5.41, 5.74) is 4.20. The molecule has 1 heterocycles. The summed E-state index contributed by atoms with van der Waals surface area (Å²) in [5.74, 6) is 0.698. The van der Waals surface area contributed by atoms with Crippen molar-refractivity contribution in [3.63, 3.8) is 0 Å². The van der Waals surface area contributed by atoms with E-state index in [9.17, 15) is 4.79 Å². The summed E-state index contributed by atoms with van der Waals surface area (Å²) >= 11 is 9.33. The van der Waals surface area contributed by atoms with E-state index >= 15 is 0 Å². The molecule has 3 rings (SSSR count). The summed E-state index contributed by atoms with van der Waals surface area (Å²) in [6.07, 6.45) is -0.267. The molecular formula is C21H19BrClNO3. The lowest BCUT2D eigenvalue weighted by Gasteiger charge is -2.15. The minimum absolute atomic E-state index is 0.0940. The number of ether oxygens (including phenoxy) is 1. The highest BCUT2D eigenvalue weighted by atomic mass is 79.9. The summed E-state index contributed by atoms with van der Waals surface area (Å²) < 4.78 is 12.0. The molecule has 140 valence electrons. The first kappa shape index (κ1) is 19.6. The summed E-state index contributed by atoms with van der Waals surface area (Å²) in [6, 6.07) is 15.4. The number of hydrogen-bond donors (Lipinski definition) is 0. The van der Waals surface area contributed by atoms with Crippen LogP contribution in [0.5, 0.6) is 0 Å². The third-order valence-corrected chi connectivity index (χ3v) is 5.36. The first-order chi connectivity index (χ1) is 13.0. The van der Waals surface area contributed by atoms with Gasteiger partial charge >= 0.3 is 5.97 Å². The lowest BCUT2D eigenvalue weighted by atomic mass is 10.0. The molecule has 6 heteroatoms. The Morgan fingerprint density at radius 3 is 2.59 bits per heavy atom. The van der Waals surface area contributed by atoms with E-state index in [1.54, 1.807) is 0 Å². The first-order valence-corrected chi connectivity index (χ1v) is 9.86. The van der Waals surface area contributed by atoms with Crippen molar-refractivity contribution in [1.82, 2.24) is 5.16 Å². The summed E-state index contributed by atoms with van der Waals surface area (Å²) in [7, 11) is 0. The first-order valence-electron chi connectivity index (χ1n) is 8.54. The van der Waals surface area contributed by atoms with Gasteiger partial charge in [-0.05, 0) is 25.5 Å². The zero-order valence-corrected chi connectivity index (χ0v) is 17.4. The highest BCUT2D eigenvalue weighted by Gasteiger charge is 2.21. The molecule has 0 fully saturated rings. The SMILES string of the molecule is Cc1noc(-c2ccc(CCl)cc2)c1CC(=O)OC(C)c1ccccc1Br. The van der Waals surface area contributed by atoms with Gasteiger partial charge in [0.2, 0.25) is 0 Å². The Labute approximate surface area is 171 Å². The van der Waals surface area contributed by atoms with E-state index < -0.39 is 0 Å². The number of rotatable bonds is 6. The van der Waals surface area contributed by atoms with Gasteiger partial charge in [-0.2, -0.15) is 0 Å². The maximum atomic E-state index is 12.5. The van der Waals surface area contributed by atoms with Gasteiger partial charge in [0, 0.05) is 27.0 Å². The summed E-state index contributed by atoms with van der Waals surface area (Å²) in [6.45, 7) is 3.67. The van der Waals surface area contributed by atoms with Crippen molar-refractivity contribution >= 4 is 33.5 Å². The van der Waals surface area contributed by atoms with Crippen LogP contribution in [0.25, 0.3) is 11.3 Å². The molecule has 2 aromatic carbocycles. The molecule has 0 radical (unpaired) electrons. The Morgan fingerprint density at radius 2 is 1.93 bits per heavy atom. The van der Waals surface area contributed by atoms with Crippen molar-refractivity contribution in [2.75, 3.05) is 0 Å². The number of aryl methyl sites for hydroxylation is 1. The van der Waals surface area contributed by atoms with Crippen LogP contribution < -0.4 is 0 Å². The minimum Gasteiger partial charge on any atom is -0.457 e. The molecule has 0 aliphatic heterocycles. The minimum atomic E-state index is -0.361. The molecule has 1 unspecified atom stereocenters. The van der Waals surface area contributed by atoms with Crippen LogP contribution in [0.3, 0.4) is 0 Å². The van der Waals surface area contributed by atoms with Gasteiger partial charge < -0.3 is 9.26 Å². The van der Waals surface area contributed by atoms with Crippen molar-refractivity contribution in [2.24, 2.45) is 0 Å². The number of benzene rings is 2. The van der Waals surface area contributed by atoms with Gasteiger partial charge in [0.15, 0.2) is 5.76 Å². The van der Waals surface area contributed by atoms with Crippen molar-refractivity contribution in [2.45, 2.75) is 32.3 Å². The molecule has 27 heavy (non-hydrogen) atoms. The fourth-order valence-corrected chi connectivity index (χ4v) is 3.61. The molecule has 0 saturated carbocycles. The van der Waals surface area contributed by atoms with Crippen LogP contribution in [0.4, 0.5) is 0 Å². The highest BCUT2D eigenvalue weighted by Crippen LogP contribution is 2.29.